The Morgan fingerprint density at radius 2 is 1.47 bits per heavy atom. The van der Waals surface area contributed by atoms with Crippen molar-refractivity contribution < 1.29 is 66.8 Å². The molecular formula is C56H83BrN14O14. The van der Waals surface area contributed by atoms with Crippen molar-refractivity contribution in [2.24, 2.45) is 11.7 Å². The maximum Gasteiger partial charge on any atom is 0.409 e. The minimum absolute atomic E-state index is 0.00524. The van der Waals surface area contributed by atoms with Gasteiger partial charge >= 0.3 is 12.1 Å². The number of carbonyl (C=O) groups is 9. The number of carbonyl (C=O) groups excluding carboxylic acids is 9. The van der Waals surface area contributed by atoms with Gasteiger partial charge < -0.3 is 75.2 Å². The molecule has 4 heterocycles. The third-order valence-corrected chi connectivity index (χ3v) is 14.1. The van der Waals surface area contributed by atoms with Gasteiger partial charge in [0.2, 0.25) is 41.4 Å². The molecule has 85 heavy (non-hydrogen) atoms. The number of benzene rings is 1. The van der Waals surface area contributed by atoms with Crippen LogP contribution in [0.5, 0.6) is 0 Å². The number of nitrogens with one attached hydrogen (secondary N) is 4. The number of aromatic nitrogens is 3. The zero-order valence-corrected chi connectivity index (χ0v) is 51.1. The van der Waals surface area contributed by atoms with E-state index in [1.54, 1.807) is 55.5 Å². The Bertz CT molecular complexity index is 2710. The van der Waals surface area contributed by atoms with Gasteiger partial charge in [-0.15, -0.1) is 0 Å². The van der Waals surface area contributed by atoms with Crippen LogP contribution in [0, 0.1) is 17.2 Å². The molecule has 29 heteroatoms. The highest BCUT2D eigenvalue weighted by Crippen LogP contribution is 2.30. The molecule has 468 valence electrons. The first kappa shape index (κ1) is 70.0. The maximum atomic E-state index is 13.7. The third kappa shape index (κ3) is 23.5. The Labute approximate surface area is 504 Å². The fourth-order valence-corrected chi connectivity index (χ4v) is 9.20. The van der Waals surface area contributed by atoms with E-state index in [0.29, 0.717) is 87.2 Å². The fourth-order valence-electron chi connectivity index (χ4n) is 9.00. The summed E-state index contributed by atoms with van der Waals surface area (Å²) in [5.74, 6) is -2.72. The number of nitrogens with two attached hydrogens (primary N) is 1. The van der Waals surface area contributed by atoms with Crippen LogP contribution in [0.15, 0.2) is 42.9 Å². The van der Waals surface area contributed by atoms with Gasteiger partial charge in [-0.25, -0.2) is 19.6 Å². The van der Waals surface area contributed by atoms with E-state index in [1.165, 1.54) is 32.0 Å². The van der Waals surface area contributed by atoms with E-state index in [2.05, 4.69) is 67.9 Å². The predicted octanol–water partition coefficient (Wildman–Crippen LogP) is 1.98. The van der Waals surface area contributed by atoms with Gasteiger partial charge in [-0.2, -0.15) is 5.26 Å². The largest absolute Gasteiger partial charge is 0.445 e. The van der Waals surface area contributed by atoms with Gasteiger partial charge in [-0.1, -0.05) is 55.3 Å². The number of halogens is 1. The van der Waals surface area contributed by atoms with E-state index >= 15 is 0 Å². The number of amides is 9. The minimum Gasteiger partial charge on any atom is -0.445 e. The van der Waals surface area contributed by atoms with Gasteiger partial charge in [0, 0.05) is 78.7 Å². The summed E-state index contributed by atoms with van der Waals surface area (Å²) >= 11 is 3.06. The number of nitrogens with zero attached hydrogens (tertiary/aromatic N) is 9. The van der Waals surface area contributed by atoms with E-state index in [4.69, 9.17) is 34.7 Å². The Balaban J connectivity index is 0.00000505. The van der Waals surface area contributed by atoms with Crippen molar-refractivity contribution in [1.29, 1.82) is 5.26 Å². The second kappa shape index (κ2) is 37.7. The molecule has 0 radical (unpaired) electrons. The van der Waals surface area contributed by atoms with Crippen LogP contribution < -0.4 is 31.9 Å². The molecule has 2 saturated heterocycles. The summed E-state index contributed by atoms with van der Waals surface area (Å²) in [6.07, 6.45) is 4.33. The number of hydrogen-bond acceptors (Lipinski definition) is 18. The van der Waals surface area contributed by atoms with Gasteiger partial charge in [0.05, 0.1) is 88.6 Å². The first-order valence-electron chi connectivity index (χ1n) is 28.3. The van der Waals surface area contributed by atoms with E-state index in [9.17, 15) is 43.2 Å². The van der Waals surface area contributed by atoms with E-state index in [-0.39, 0.29) is 100 Å². The second-order valence-electron chi connectivity index (χ2n) is 20.3. The number of hydrogen-bond donors (Lipinski definition) is 5. The van der Waals surface area contributed by atoms with Crippen molar-refractivity contribution in [2.75, 3.05) is 135 Å². The molecule has 2 fully saturated rings. The van der Waals surface area contributed by atoms with Crippen molar-refractivity contribution in [2.45, 2.75) is 90.4 Å². The minimum atomic E-state index is -1.32. The lowest BCUT2D eigenvalue weighted by molar-refractivity contribution is -0.142. The summed E-state index contributed by atoms with van der Waals surface area (Å²) in [4.78, 5) is 132. The molecular weight excluding hydrogens is 1170 g/mol. The van der Waals surface area contributed by atoms with Crippen LogP contribution in [0.4, 0.5) is 21.1 Å². The zero-order chi connectivity index (χ0) is 62.3. The van der Waals surface area contributed by atoms with Crippen LogP contribution in [0.25, 0.3) is 11.0 Å². The average molecular weight is 1260 g/mol. The summed E-state index contributed by atoms with van der Waals surface area (Å²) in [5.41, 5.74) is 6.83. The molecule has 0 saturated carbocycles. The van der Waals surface area contributed by atoms with Crippen molar-refractivity contribution in [3.8, 4) is 6.07 Å². The summed E-state index contributed by atoms with van der Waals surface area (Å²) in [6.45, 7) is 9.94. The van der Waals surface area contributed by atoms with Crippen molar-refractivity contribution in [3.63, 3.8) is 0 Å². The van der Waals surface area contributed by atoms with Gasteiger partial charge in [0.1, 0.15) is 37.3 Å². The van der Waals surface area contributed by atoms with Crippen LogP contribution in [-0.4, -0.2) is 231 Å². The van der Waals surface area contributed by atoms with Gasteiger partial charge in [-0.05, 0) is 48.9 Å². The molecule has 2 aromatic heterocycles. The Hall–Kier alpha value is -7.52. The van der Waals surface area contributed by atoms with Gasteiger partial charge in [-0.3, -0.25) is 38.1 Å². The quantitative estimate of drug-likeness (QED) is 0.0441. The lowest BCUT2D eigenvalue weighted by atomic mass is 9.92. The number of rotatable bonds is 32. The smallest absolute Gasteiger partial charge is 0.409 e. The summed E-state index contributed by atoms with van der Waals surface area (Å²) < 4.78 is 28.6. The normalized spacial score (nSPS) is 15.8. The van der Waals surface area contributed by atoms with E-state index in [1.807, 2.05) is 18.0 Å². The number of nitriles is 1. The Kier molecular flexibility index (Phi) is 31.0. The molecule has 4 unspecified atom stereocenters. The third-order valence-electron chi connectivity index (χ3n) is 13.6. The summed E-state index contributed by atoms with van der Waals surface area (Å²) in [5, 5.41) is 20.4. The van der Waals surface area contributed by atoms with Crippen molar-refractivity contribution in [1.82, 2.24) is 50.1 Å². The first-order valence-corrected chi connectivity index (χ1v) is 29.5. The Morgan fingerprint density at radius 1 is 0.824 bits per heavy atom. The molecule has 1 aromatic carbocycles. The highest BCUT2D eigenvalue weighted by Gasteiger charge is 2.38. The van der Waals surface area contributed by atoms with Crippen molar-refractivity contribution >= 4 is 91.9 Å². The number of likely N-dealkylation sites (N-methyl/N-ethyl adjacent to an activating group) is 3. The molecule has 0 bridgehead atoms. The molecule has 2 aliphatic heterocycles. The SMILES string of the molecule is CC1CCN(C(=O)CC#N)CC1N(C)c1ncnc2c1ccn2C(=O)N(C)CCN(C)C(=O)OCc1ccc(NC(=O)CNC(=O)C2CCCN2C(=O)C(CC(N)=O)NC(=O)CCOCCOCCOCCOCCNC(=O)CBr)cc1.CCC. The monoisotopic (exact) mass is 1250 g/mol. The lowest BCUT2D eigenvalue weighted by Crippen LogP contribution is -2.54. The molecule has 6 N–H and O–H groups in total. The number of primary amides is 1. The van der Waals surface area contributed by atoms with Crippen molar-refractivity contribution in [3.05, 3.63) is 48.4 Å². The number of ether oxygens (including phenoxy) is 5. The Morgan fingerprint density at radius 3 is 2.12 bits per heavy atom. The lowest BCUT2D eigenvalue weighted by Gasteiger charge is -2.42. The summed E-state index contributed by atoms with van der Waals surface area (Å²) in [7, 11) is 5.04. The van der Waals surface area contributed by atoms with Crippen LogP contribution >= 0.6 is 15.9 Å². The van der Waals surface area contributed by atoms with Gasteiger partial charge in [0.15, 0.2) is 5.65 Å². The number of anilines is 2. The van der Waals surface area contributed by atoms with Crippen LogP contribution in [-0.2, 0) is 63.9 Å². The number of piperidine rings is 1. The topological polar surface area (TPSA) is 345 Å². The zero-order valence-electron chi connectivity index (χ0n) is 49.5. The highest BCUT2D eigenvalue weighted by molar-refractivity contribution is 9.09. The number of likely N-dealkylation sites (tertiary alicyclic amines) is 2. The molecule has 5 rings (SSSR count). The molecule has 2 aliphatic rings. The molecule has 0 aliphatic carbocycles. The molecule has 4 atom stereocenters. The standard InChI is InChI=1S/C53H75BrN14O14.C3H8/c1-36-12-18-66(47(73)11-15-55)33-42(36)65(4)48-39-13-19-68(49(39)60-35-59-48)52(76)63(2)20-21-64(3)53(77)82-34-37-7-9-38(10-8-37)61-46(72)32-58-50(74)41-6-5-17-67(41)51(75)40(30-43(56)69)62-44(70)14-22-78-24-26-80-28-29-81-27-25-79-23-16-57-45(71)31-54;1-3-2/h7-10,13,19,35-36,40-42H,5-6,11-12,14,16-18,20-34H2,1-4H3,(H2,56,69)(H,57,71)(H,58,74)(H,61,72)(H,62,70);3H2,1-2H3. The second-order valence-corrected chi connectivity index (χ2v) is 20.8. The first-order chi connectivity index (χ1) is 40.8. The molecule has 9 amide bonds. The van der Waals surface area contributed by atoms with Crippen LogP contribution in [0.2, 0.25) is 0 Å². The maximum absolute atomic E-state index is 13.7. The van der Waals surface area contributed by atoms with Crippen LogP contribution in [0.3, 0.4) is 0 Å². The molecule has 28 nitrogen and oxygen atoms in total. The van der Waals surface area contributed by atoms with Crippen LogP contribution in [0.1, 0.15) is 71.3 Å². The average Bonchev–Trinajstić information content (AvgIpc) is 2.77. The molecule has 3 aromatic rings. The van der Waals surface area contributed by atoms with E-state index < -0.39 is 60.7 Å². The fraction of sp³-hybridized carbons (Fsp3) is 0.607. The predicted molar refractivity (Wildman–Crippen MR) is 316 cm³/mol. The van der Waals surface area contributed by atoms with Gasteiger partial charge in [0.25, 0.3) is 0 Å². The van der Waals surface area contributed by atoms with E-state index in [0.717, 1.165) is 6.42 Å². The highest BCUT2D eigenvalue weighted by atomic mass is 79.9. The number of alkyl halides is 1. The summed E-state index contributed by atoms with van der Waals surface area (Å²) in [6, 6.07) is 7.44. The molecule has 0 spiro atoms. The number of fused-ring (bicyclic) bond motifs is 1.